The molecule has 144 valence electrons. The van der Waals surface area contributed by atoms with Crippen molar-refractivity contribution in [2.45, 2.75) is 25.8 Å². The first-order chi connectivity index (χ1) is 13.0. The zero-order valence-corrected chi connectivity index (χ0v) is 15.8. The molecular weight excluding hydrogens is 370 g/mol. The standard InChI is InChI=1S/C20H22ClNO5/c1-26-17-12-15(13-22-18(23)7-8-19(24)25)11-16(21)20(17)27-10-9-14-5-3-2-4-6-14/h2-6,11-12H,7-10,13H2,1H3,(H,22,23)(H,24,25). The van der Waals surface area contributed by atoms with Crippen LogP contribution < -0.4 is 14.8 Å². The van der Waals surface area contributed by atoms with Crippen LogP contribution >= 0.6 is 11.6 Å². The number of benzene rings is 2. The van der Waals surface area contributed by atoms with Crippen molar-refractivity contribution in [1.29, 1.82) is 0 Å². The van der Waals surface area contributed by atoms with Crippen molar-refractivity contribution in [2.24, 2.45) is 0 Å². The zero-order valence-electron chi connectivity index (χ0n) is 15.0. The van der Waals surface area contributed by atoms with Crippen LogP contribution in [-0.2, 0) is 22.6 Å². The van der Waals surface area contributed by atoms with Crippen molar-refractivity contribution in [1.82, 2.24) is 5.32 Å². The highest BCUT2D eigenvalue weighted by atomic mass is 35.5. The van der Waals surface area contributed by atoms with Gasteiger partial charge in [0.2, 0.25) is 5.91 Å². The normalized spacial score (nSPS) is 10.3. The lowest BCUT2D eigenvalue weighted by atomic mass is 10.1. The van der Waals surface area contributed by atoms with E-state index < -0.39 is 5.97 Å². The summed E-state index contributed by atoms with van der Waals surface area (Å²) in [5, 5.41) is 11.6. The molecule has 2 aromatic rings. The first-order valence-corrected chi connectivity index (χ1v) is 8.89. The number of nitrogens with one attached hydrogen (secondary N) is 1. The van der Waals surface area contributed by atoms with Gasteiger partial charge in [0.25, 0.3) is 0 Å². The van der Waals surface area contributed by atoms with Gasteiger partial charge in [0.15, 0.2) is 11.5 Å². The topological polar surface area (TPSA) is 84.9 Å². The van der Waals surface area contributed by atoms with Crippen molar-refractivity contribution in [3.05, 3.63) is 58.6 Å². The number of aliphatic carboxylic acids is 1. The Morgan fingerprint density at radius 3 is 2.52 bits per heavy atom. The Bertz CT molecular complexity index is 779. The van der Waals surface area contributed by atoms with E-state index in [0.29, 0.717) is 23.1 Å². The SMILES string of the molecule is COc1cc(CNC(=O)CCC(=O)O)cc(Cl)c1OCCc1ccccc1. The lowest BCUT2D eigenvalue weighted by Crippen LogP contribution is -2.23. The molecule has 0 aliphatic rings. The second-order valence-electron chi connectivity index (χ2n) is 5.86. The maximum absolute atomic E-state index is 11.6. The number of carbonyl (C=O) groups is 2. The van der Waals surface area contributed by atoms with E-state index in [0.717, 1.165) is 17.5 Å². The molecule has 0 radical (unpaired) electrons. The minimum absolute atomic E-state index is 0.0686. The molecule has 0 bridgehead atoms. The summed E-state index contributed by atoms with van der Waals surface area (Å²) in [6, 6.07) is 13.4. The Balaban J connectivity index is 1.95. The monoisotopic (exact) mass is 391 g/mol. The molecule has 2 N–H and O–H groups in total. The fourth-order valence-electron chi connectivity index (χ4n) is 2.44. The molecule has 2 rings (SSSR count). The molecule has 1 amide bonds. The molecule has 2 aromatic carbocycles. The van der Waals surface area contributed by atoms with Crippen LogP contribution in [0.4, 0.5) is 0 Å². The first-order valence-electron chi connectivity index (χ1n) is 8.51. The number of methoxy groups -OCH3 is 1. The van der Waals surface area contributed by atoms with E-state index in [4.69, 9.17) is 26.2 Å². The van der Waals surface area contributed by atoms with Gasteiger partial charge < -0.3 is 19.9 Å². The molecule has 0 heterocycles. The van der Waals surface area contributed by atoms with Gasteiger partial charge in [0, 0.05) is 19.4 Å². The van der Waals surface area contributed by atoms with Crippen LogP contribution in [0.5, 0.6) is 11.5 Å². The van der Waals surface area contributed by atoms with Gasteiger partial charge in [0.05, 0.1) is 25.2 Å². The number of carboxylic acids is 1. The van der Waals surface area contributed by atoms with Crippen molar-refractivity contribution >= 4 is 23.5 Å². The number of carboxylic acid groups (broad SMARTS) is 1. The number of halogens is 1. The molecule has 0 fully saturated rings. The van der Waals surface area contributed by atoms with Crippen molar-refractivity contribution in [3.63, 3.8) is 0 Å². The van der Waals surface area contributed by atoms with Crippen LogP contribution in [0.25, 0.3) is 0 Å². The molecule has 7 heteroatoms. The summed E-state index contributed by atoms with van der Waals surface area (Å²) in [6.07, 6.45) is 0.465. The van der Waals surface area contributed by atoms with Crippen molar-refractivity contribution in [3.8, 4) is 11.5 Å². The summed E-state index contributed by atoms with van der Waals surface area (Å²) in [7, 11) is 1.52. The van der Waals surface area contributed by atoms with Crippen LogP contribution in [0.2, 0.25) is 5.02 Å². The predicted molar refractivity (Wildman–Crippen MR) is 102 cm³/mol. The van der Waals surface area contributed by atoms with Crippen LogP contribution in [0.3, 0.4) is 0 Å². The van der Waals surface area contributed by atoms with Gasteiger partial charge >= 0.3 is 5.97 Å². The Hall–Kier alpha value is -2.73. The van der Waals surface area contributed by atoms with E-state index in [9.17, 15) is 9.59 Å². The molecule has 0 saturated heterocycles. The van der Waals surface area contributed by atoms with E-state index >= 15 is 0 Å². The average Bonchev–Trinajstić information content (AvgIpc) is 2.66. The van der Waals surface area contributed by atoms with E-state index in [1.165, 1.54) is 7.11 Å². The van der Waals surface area contributed by atoms with Crippen LogP contribution in [0.15, 0.2) is 42.5 Å². The van der Waals surface area contributed by atoms with Crippen LogP contribution in [-0.4, -0.2) is 30.7 Å². The second kappa shape index (κ2) is 10.4. The molecular formula is C20H22ClNO5. The van der Waals surface area contributed by atoms with Crippen molar-refractivity contribution < 1.29 is 24.2 Å². The minimum Gasteiger partial charge on any atom is -0.493 e. The number of carbonyl (C=O) groups excluding carboxylic acids is 1. The van der Waals surface area contributed by atoms with Crippen molar-refractivity contribution in [2.75, 3.05) is 13.7 Å². The Morgan fingerprint density at radius 1 is 1.11 bits per heavy atom. The van der Waals surface area contributed by atoms with Crippen LogP contribution in [0.1, 0.15) is 24.0 Å². The number of rotatable bonds is 10. The Morgan fingerprint density at radius 2 is 1.85 bits per heavy atom. The van der Waals surface area contributed by atoms with Crippen LogP contribution in [0, 0.1) is 0 Å². The van der Waals surface area contributed by atoms with E-state index in [1.54, 1.807) is 12.1 Å². The quantitative estimate of drug-likeness (QED) is 0.648. The van der Waals surface area contributed by atoms with Gasteiger partial charge in [-0.05, 0) is 23.3 Å². The third kappa shape index (κ3) is 6.83. The maximum atomic E-state index is 11.6. The smallest absolute Gasteiger partial charge is 0.303 e. The molecule has 6 nitrogen and oxygen atoms in total. The van der Waals surface area contributed by atoms with Gasteiger partial charge in [-0.15, -0.1) is 0 Å². The summed E-state index contributed by atoms with van der Waals surface area (Å²) >= 11 is 6.32. The van der Waals surface area contributed by atoms with Gasteiger partial charge in [-0.3, -0.25) is 9.59 Å². The van der Waals surface area contributed by atoms with E-state index in [2.05, 4.69) is 5.32 Å². The fourth-order valence-corrected chi connectivity index (χ4v) is 2.73. The van der Waals surface area contributed by atoms with Gasteiger partial charge in [-0.25, -0.2) is 0 Å². The molecule has 0 unspecified atom stereocenters. The molecule has 0 spiro atoms. The van der Waals surface area contributed by atoms with Gasteiger partial charge in [-0.1, -0.05) is 41.9 Å². The fraction of sp³-hybridized carbons (Fsp3) is 0.300. The second-order valence-corrected chi connectivity index (χ2v) is 6.27. The summed E-state index contributed by atoms with van der Waals surface area (Å²) < 4.78 is 11.2. The highest BCUT2D eigenvalue weighted by Gasteiger charge is 2.13. The third-order valence-corrected chi connectivity index (χ3v) is 4.11. The first kappa shape index (κ1) is 20.6. The molecule has 27 heavy (non-hydrogen) atoms. The zero-order chi connectivity index (χ0) is 19.6. The molecule has 0 aliphatic heterocycles. The highest BCUT2D eigenvalue weighted by Crippen LogP contribution is 2.36. The van der Waals surface area contributed by atoms with Gasteiger partial charge in [-0.2, -0.15) is 0 Å². The van der Waals surface area contributed by atoms with Gasteiger partial charge in [0.1, 0.15) is 0 Å². The van der Waals surface area contributed by atoms with E-state index in [-0.39, 0.29) is 25.3 Å². The Labute approximate surface area is 163 Å². The molecule has 0 aliphatic carbocycles. The molecule has 0 aromatic heterocycles. The predicted octanol–water partition coefficient (Wildman–Crippen LogP) is 3.45. The summed E-state index contributed by atoms with van der Waals surface area (Å²) in [5.74, 6) is -0.413. The number of ether oxygens (including phenoxy) is 2. The Kier molecular flexibility index (Phi) is 7.95. The number of hydrogen-bond donors (Lipinski definition) is 2. The maximum Gasteiger partial charge on any atom is 0.303 e. The molecule has 0 saturated carbocycles. The number of amides is 1. The van der Waals surface area contributed by atoms with E-state index in [1.807, 2.05) is 30.3 Å². The summed E-state index contributed by atoms with van der Waals surface area (Å²) in [6.45, 7) is 0.671. The third-order valence-electron chi connectivity index (χ3n) is 3.82. The summed E-state index contributed by atoms with van der Waals surface area (Å²) in [4.78, 5) is 22.1. The summed E-state index contributed by atoms with van der Waals surface area (Å²) in [5.41, 5.74) is 1.89. The largest absolute Gasteiger partial charge is 0.493 e. The lowest BCUT2D eigenvalue weighted by Gasteiger charge is -2.14. The highest BCUT2D eigenvalue weighted by molar-refractivity contribution is 6.32. The lowest BCUT2D eigenvalue weighted by molar-refractivity contribution is -0.138. The molecule has 0 atom stereocenters. The number of hydrogen-bond acceptors (Lipinski definition) is 4. The minimum atomic E-state index is -1.01. The average molecular weight is 392 g/mol.